The fourth-order valence-electron chi connectivity index (χ4n) is 5.53. The van der Waals surface area contributed by atoms with Gasteiger partial charge < -0.3 is 25.4 Å². The second-order valence-electron chi connectivity index (χ2n) is 11.2. The van der Waals surface area contributed by atoms with Crippen molar-refractivity contribution in [3.8, 4) is 0 Å². The van der Waals surface area contributed by atoms with Gasteiger partial charge in [0.25, 0.3) is 0 Å². The topological polar surface area (TPSA) is 167 Å². The molecule has 0 bridgehead atoms. The summed E-state index contributed by atoms with van der Waals surface area (Å²) in [5, 5.41) is 15.4. The molecular weight excluding hydrogens is 663 g/mol. The Morgan fingerprint density at radius 3 is 2.30 bits per heavy atom. The predicted molar refractivity (Wildman–Crippen MR) is 189 cm³/mol. The van der Waals surface area contributed by atoms with Gasteiger partial charge in [0.1, 0.15) is 18.5 Å². The molecule has 12 nitrogen and oxygen atoms in total. The highest BCUT2D eigenvalue weighted by Crippen LogP contribution is 2.23. The Morgan fingerprint density at radius 2 is 1.68 bits per heavy atom. The molecule has 2 amide bonds. The van der Waals surface area contributed by atoms with Crippen molar-refractivity contribution < 1.29 is 32.6 Å². The van der Waals surface area contributed by atoms with Crippen LogP contribution in [0.25, 0.3) is 0 Å². The first-order valence-electron chi connectivity index (χ1n) is 14.6. The van der Waals surface area contributed by atoms with Crippen molar-refractivity contribution in [3.05, 3.63) is 89.1 Å². The van der Waals surface area contributed by atoms with Gasteiger partial charge in [0, 0.05) is 25.8 Å². The van der Waals surface area contributed by atoms with E-state index in [0.29, 0.717) is 29.9 Å². The molecule has 3 aromatic rings. The summed E-state index contributed by atoms with van der Waals surface area (Å²) in [6.07, 6.45) is 1.93. The quantitative estimate of drug-likeness (QED) is 0.197. The van der Waals surface area contributed by atoms with E-state index in [1.807, 2.05) is 55.5 Å². The molecule has 1 saturated heterocycles. The number of rotatable bonds is 14. The lowest BCUT2D eigenvalue weighted by Crippen LogP contribution is -2.49. The van der Waals surface area contributed by atoms with Crippen LogP contribution >= 0.6 is 27.0 Å². The van der Waals surface area contributed by atoms with E-state index in [0.717, 1.165) is 11.1 Å². The van der Waals surface area contributed by atoms with Gasteiger partial charge in [-0.1, -0.05) is 54.1 Å². The maximum Gasteiger partial charge on any atom is 0.323 e. The highest BCUT2D eigenvalue weighted by molar-refractivity contribution is 7.89. The molecule has 2 heterocycles. The molecule has 0 unspecified atom stereocenters. The van der Waals surface area contributed by atoms with E-state index in [-0.39, 0.29) is 63.4 Å². The van der Waals surface area contributed by atoms with Crippen molar-refractivity contribution in [2.75, 3.05) is 31.6 Å². The average molecular weight is 706 g/mol. The minimum absolute atomic E-state index is 0. The van der Waals surface area contributed by atoms with Crippen LogP contribution in [0.1, 0.15) is 28.7 Å². The zero-order chi connectivity index (χ0) is 32.6. The normalized spacial score (nSPS) is 16.4. The van der Waals surface area contributed by atoms with Crippen LogP contribution in [0.15, 0.2) is 71.8 Å². The Kier molecular flexibility index (Phi) is 15.2. The molecule has 1 aliphatic rings. The number of nitrogens with zero attached hydrogens (tertiary/aromatic N) is 2. The lowest BCUT2D eigenvalue weighted by atomic mass is 10.1. The van der Waals surface area contributed by atoms with Crippen molar-refractivity contribution >= 4 is 60.6 Å². The van der Waals surface area contributed by atoms with Crippen LogP contribution in [0.2, 0.25) is 0 Å². The molecule has 15 heteroatoms. The summed E-state index contributed by atoms with van der Waals surface area (Å²) >= 11 is 0. The molecule has 0 aliphatic carbocycles. The molecule has 2 aromatic carbocycles. The number of carbonyl (C=O) groups is 3. The number of aliphatic carboxylic acids is 1. The molecule has 0 spiro atoms. The van der Waals surface area contributed by atoms with Crippen LogP contribution in [0.5, 0.6) is 0 Å². The number of pyridine rings is 1. The number of carbonyl (C=O) groups excluding carboxylic acids is 2. The zero-order valence-corrected chi connectivity index (χ0v) is 29.3. The number of carboxylic acids is 1. The summed E-state index contributed by atoms with van der Waals surface area (Å²) in [5.74, 6) is -1.44. The molecule has 0 saturated carbocycles. The van der Waals surface area contributed by atoms with Crippen LogP contribution in [0.4, 0.5) is 5.82 Å². The van der Waals surface area contributed by atoms with Crippen LogP contribution in [-0.2, 0) is 35.6 Å². The van der Waals surface area contributed by atoms with E-state index >= 15 is 0 Å². The third kappa shape index (κ3) is 11.2. The van der Waals surface area contributed by atoms with Gasteiger partial charge >= 0.3 is 5.97 Å². The second-order valence-corrected chi connectivity index (χ2v) is 12.8. The summed E-state index contributed by atoms with van der Waals surface area (Å²) in [6, 6.07) is 16.5. The fourth-order valence-corrected chi connectivity index (χ4v) is 7.17. The van der Waals surface area contributed by atoms with Crippen LogP contribution < -0.4 is 15.4 Å². The highest BCUT2D eigenvalue weighted by Gasteiger charge is 2.36. The summed E-state index contributed by atoms with van der Waals surface area (Å²) in [5.41, 5.74) is 2.75. The number of hydrogen-bond acceptors (Lipinski definition) is 8. The third-order valence-corrected chi connectivity index (χ3v) is 9.28. The van der Waals surface area contributed by atoms with Crippen molar-refractivity contribution in [2.45, 2.75) is 56.7 Å². The first-order valence-corrected chi connectivity index (χ1v) is 16.1. The van der Waals surface area contributed by atoms with Crippen molar-refractivity contribution in [1.29, 1.82) is 0 Å². The first kappa shape index (κ1) is 39.5. The van der Waals surface area contributed by atoms with E-state index < -0.39 is 40.6 Å². The van der Waals surface area contributed by atoms with Gasteiger partial charge in [-0.15, -0.1) is 0 Å². The van der Waals surface area contributed by atoms with Crippen LogP contribution in [-0.4, -0.2) is 85.6 Å². The number of ether oxygens (including phenoxy) is 1. The Morgan fingerprint density at radius 1 is 1.02 bits per heavy atom. The van der Waals surface area contributed by atoms with Crippen molar-refractivity contribution in [1.82, 2.24) is 19.9 Å². The number of aryl methyl sites for hydroxylation is 3. The average Bonchev–Trinajstić information content (AvgIpc) is 3.40. The molecule has 1 aliphatic heterocycles. The standard InChI is InChI=1S/C32H39N5O7S.2H2S/c1-21-13-22(2)31(23(3)14-21)45(42,43)36-27(32(40)41)18-35-29(38)20-44-26-16-25(17-34-28-11-7-8-12-33-28)37(19-26)30(39)15-24-9-5-4-6-10-24;;/h4-14,25-27,36H,15-20H2,1-3H3,(H,33,34)(H,35,38)(H,40,41);2*1H2/t25-,26+,27-;;/m0../s1. The van der Waals surface area contributed by atoms with Gasteiger partial charge in [0.05, 0.1) is 23.5 Å². The SMILES string of the molecule is Cc1cc(C)c(S(=O)(=O)N[C@@H](CNC(=O)CO[C@@H]2C[C@@H](CNc3ccccn3)N(C(=O)Cc3ccccc3)C2)C(=O)O)c(C)c1.S.S. The lowest BCUT2D eigenvalue weighted by molar-refractivity contribution is -0.139. The second kappa shape index (κ2) is 18.1. The van der Waals surface area contributed by atoms with E-state index in [4.69, 9.17) is 4.74 Å². The van der Waals surface area contributed by atoms with Gasteiger partial charge in [-0.3, -0.25) is 14.4 Å². The largest absolute Gasteiger partial charge is 0.480 e. The van der Waals surface area contributed by atoms with Crippen molar-refractivity contribution in [2.24, 2.45) is 0 Å². The Labute approximate surface area is 289 Å². The molecule has 47 heavy (non-hydrogen) atoms. The summed E-state index contributed by atoms with van der Waals surface area (Å²) in [4.78, 5) is 43.8. The number of amides is 2. The number of carboxylic acid groups (broad SMARTS) is 1. The smallest absolute Gasteiger partial charge is 0.323 e. The van der Waals surface area contributed by atoms with Gasteiger partial charge in [0.2, 0.25) is 21.8 Å². The molecule has 1 fully saturated rings. The van der Waals surface area contributed by atoms with E-state index in [1.54, 1.807) is 37.1 Å². The predicted octanol–water partition coefficient (Wildman–Crippen LogP) is 2.42. The number of anilines is 1. The maximum atomic E-state index is 13.3. The molecule has 0 radical (unpaired) electrons. The van der Waals surface area contributed by atoms with Gasteiger partial charge in [-0.2, -0.15) is 31.7 Å². The zero-order valence-electron chi connectivity index (χ0n) is 26.5. The van der Waals surface area contributed by atoms with Gasteiger partial charge in [-0.25, -0.2) is 13.4 Å². The number of aromatic nitrogens is 1. The Balaban J connectivity index is 0.00000384. The summed E-state index contributed by atoms with van der Waals surface area (Å²) in [6.45, 7) is 4.96. The molecular formula is C32H43N5O7S3. The minimum atomic E-state index is -4.19. The number of benzene rings is 2. The number of likely N-dealkylation sites (tertiary alicyclic amines) is 1. The van der Waals surface area contributed by atoms with Crippen molar-refractivity contribution in [3.63, 3.8) is 0 Å². The van der Waals surface area contributed by atoms with Crippen LogP contribution in [0.3, 0.4) is 0 Å². The summed E-state index contributed by atoms with van der Waals surface area (Å²) < 4.78 is 34.2. The van der Waals surface area contributed by atoms with E-state index in [2.05, 4.69) is 20.3 Å². The molecule has 3 atom stereocenters. The monoisotopic (exact) mass is 705 g/mol. The van der Waals surface area contributed by atoms with Gasteiger partial charge in [-0.05, 0) is 56.0 Å². The Hall–Kier alpha value is -3.63. The minimum Gasteiger partial charge on any atom is -0.480 e. The fraction of sp³-hybridized carbons (Fsp3) is 0.375. The first-order chi connectivity index (χ1) is 21.4. The van der Waals surface area contributed by atoms with E-state index in [9.17, 15) is 27.9 Å². The van der Waals surface area contributed by atoms with E-state index in [1.165, 1.54) is 0 Å². The molecule has 4 rings (SSSR count). The molecule has 1 aromatic heterocycles. The number of hydrogen-bond donors (Lipinski definition) is 4. The number of nitrogens with one attached hydrogen (secondary N) is 3. The molecule has 256 valence electrons. The maximum absolute atomic E-state index is 13.3. The van der Waals surface area contributed by atoms with Gasteiger partial charge in [0.15, 0.2) is 0 Å². The lowest BCUT2D eigenvalue weighted by Gasteiger charge is -2.25. The highest BCUT2D eigenvalue weighted by atomic mass is 32.2. The Bertz CT molecular complexity index is 1590. The third-order valence-electron chi connectivity index (χ3n) is 7.50. The molecule has 4 N–H and O–H groups in total. The summed E-state index contributed by atoms with van der Waals surface area (Å²) in [7, 11) is -4.19. The number of sulfonamides is 1. The van der Waals surface area contributed by atoms with Crippen LogP contribution in [0, 0.1) is 20.8 Å².